The minimum atomic E-state index is -0.340. The summed E-state index contributed by atoms with van der Waals surface area (Å²) in [6, 6.07) is 5.57. The van der Waals surface area contributed by atoms with Crippen LogP contribution in [0.15, 0.2) is 18.2 Å². The van der Waals surface area contributed by atoms with Gasteiger partial charge in [-0.3, -0.25) is 0 Å². The standard InChI is InChI=1S/C12H16ClFN2/c1-15(2)10-5-6-16(8-10)9-3-4-11(13)12(14)7-9/h3-4,7,10H,5-6,8H2,1-2H3. The minimum Gasteiger partial charge on any atom is -0.370 e. The Kier molecular flexibility index (Phi) is 3.36. The van der Waals surface area contributed by atoms with Crippen LogP contribution in [0.2, 0.25) is 5.02 Å². The first kappa shape index (κ1) is 11.7. The Bertz CT molecular complexity index is 381. The molecule has 1 saturated heterocycles. The molecule has 1 aromatic rings. The third-order valence-electron chi connectivity index (χ3n) is 3.16. The van der Waals surface area contributed by atoms with Gasteiger partial charge < -0.3 is 9.80 Å². The van der Waals surface area contributed by atoms with Gasteiger partial charge in [0.25, 0.3) is 0 Å². The van der Waals surface area contributed by atoms with Crippen molar-refractivity contribution >= 4 is 17.3 Å². The molecule has 1 atom stereocenters. The number of rotatable bonds is 2. The SMILES string of the molecule is CN(C)C1CCN(c2ccc(Cl)c(F)c2)C1. The maximum Gasteiger partial charge on any atom is 0.143 e. The van der Waals surface area contributed by atoms with Gasteiger partial charge in [0, 0.05) is 24.8 Å². The summed E-state index contributed by atoms with van der Waals surface area (Å²) in [7, 11) is 4.16. The maximum atomic E-state index is 13.3. The van der Waals surface area contributed by atoms with E-state index in [2.05, 4.69) is 23.9 Å². The number of likely N-dealkylation sites (N-methyl/N-ethyl adjacent to an activating group) is 1. The lowest BCUT2D eigenvalue weighted by Crippen LogP contribution is -2.31. The summed E-state index contributed by atoms with van der Waals surface area (Å²) in [5.74, 6) is -0.340. The number of nitrogens with zero attached hydrogens (tertiary/aromatic N) is 2. The molecule has 0 amide bonds. The number of anilines is 1. The minimum absolute atomic E-state index is 0.187. The average Bonchev–Trinajstić information content (AvgIpc) is 2.71. The average molecular weight is 243 g/mol. The molecule has 1 aliphatic rings. The molecule has 0 N–H and O–H groups in total. The first-order valence-electron chi connectivity index (χ1n) is 5.44. The van der Waals surface area contributed by atoms with Crippen molar-refractivity contribution in [1.82, 2.24) is 4.90 Å². The van der Waals surface area contributed by atoms with Crippen LogP contribution in [0.1, 0.15) is 6.42 Å². The molecule has 1 aromatic carbocycles. The van der Waals surface area contributed by atoms with E-state index < -0.39 is 0 Å². The van der Waals surface area contributed by atoms with E-state index >= 15 is 0 Å². The molecular formula is C12H16ClFN2. The zero-order valence-electron chi connectivity index (χ0n) is 9.58. The van der Waals surface area contributed by atoms with Crippen molar-refractivity contribution in [2.75, 3.05) is 32.1 Å². The zero-order valence-corrected chi connectivity index (χ0v) is 10.3. The molecule has 0 saturated carbocycles. The summed E-state index contributed by atoms with van der Waals surface area (Å²) in [5.41, 5.74) is 0.922. The second kappa shape index (κ2) is 4.60. The summed E-state index contributed by atoms with van der Waals surface area (Å²) < 4.78 is 13.3. The van der Waals surface area contributed by atoms with Gasteiger partial charge in [-0.2, -0.15) is 0 Å². The molecule has 1 unspecified atom stereocenters. The quantitative estimate of drug-likeness (QED) is 0.787. The Morgan fingerprint density at radius 3 is 2.75 bits per heavy atom. The molecule has 88 valence electrons. The third kappa shape index (κ3) is 2.30. The van der Waals surface area contributed by atoms with Crippen molar-refractivity contribution in [3.05, 3.63) is 29.0 Å². The van der Waals surface area contributed by atoms with Crippen LogP contribution in [0.5, 0.6) is 0 Å². The van der Waals surface area contributed by atoms with Gasteiger partial charge >= 0.3 is 0 Å². The van der Waals surface area contributed by atoms with Crippen LogP contribution in [-0.4, -0.2) is 38.1 Å². The number of halogens is 2. The van der Waals surface area contributed by atoms with Gasteiger partial charge in [-0.05, 0) is 38.7 Å². The lowest BCUT2D eigenvalue weighted by atomic mass is 10.2. The molecule has 2 nitrogen and oxygen atoms in total. The summed E-state index contributed by atoms with van der Waals surface area (Å²) in [6.07, 6.45) is 1.12. The highest BCUT2D eigenvalue weighted by Gasteiger charge is 2.24. The fraction of sp³-hybridized carbons (Fsp3) is 0.500. The Morgan fingerprint density at radius 2 is 2.19 bits per heavy atom. The summed E-state index contributed by atoms with van der Waals surface area (Å²) in [5, 5.41) is 0.187. The molecular weight excluding hydrogens is 227 g/mol. The molecule has 4 heteroatoms. The first-order chi connectivity index (χ1) is 7.58. The van der Waals surface area contributed by atoms with Crippen molar-refractivity contribution in [3.8, 4) is 0 Å². The van der Waals surface area contributed by atoms with Gasteiger partial charge in [0.1, 0.15) is 5.82 Å². The monoisotopic (exact) mass is 242 g/mol. The van der Waals surface area contributed by atoms with E-state index in [1.165, 1.54) is 6.07 Å². The Balaban J connectivity index is 2.11. The molecule has 1 fully saturated rings. The van der Waals surface area contributed by atoms with Crippen molar-refractivity contribution in [2.45, 2.75) is 12.5 Å². The van der Waals surface area contributed by atoms with Crippen LogP contribution in [-0.2, 0) is 0 Å². The summed E-state index contributed by atoms with van der Waals surface area (Å²) in [4.78, 5) is 4.41. The number of hydrogen-bond acceptors (Lipinski definition) is 2. The van der Waals surface area contributed by atoms with Crippen LogP contribution in [0.3, 0.4) is 0 Å². The normalized spacial score (nSPS) is 20.8. The van der Waals surface area contributed by atoms with E-state index in [4.69, 9.17) is 11.6 Å². The maximum absolute atomic E-state index is 13.3. The van der Waals surface area contributed by atoms with E-state index in [9.17, 15) is 4.39 Å². The first-order valence-corrected chi connectivity index (χ1v) is 5.82. The second-order valence-electron chi connectivity index (χ2n) is 4.45. The molecule has 0 aliphatic carbocycles. The lowest BCUT2D eigenvalue weighted by molar-refractivity contribution is 0.315. The second-order valence-corrected chi connectivity index (χ2v) is 4.86. The van der Waals surface area contributed by atoms with E-state index in [-0.39, 0.29) is 10.8 Å². The van der Waals surface area contributed by atoms with Crippen molar-refractivity contribution in [2.24, 2.45) is 0 Å². The largest absolute Gasteiger partial charge is 0.370 e. The summed E-state index contributed by atoms with van der Waals surface area (Å²) >= 11 is 5.66. The van der Waals surface area contributed by atoms with Crippen LogP contribution in [0.4, 0.5) is 10.1 Å². The summed E-state index contributed by atoms with van der Waals surface area (Å²) in [6.45, 7) is 1.93. The van der Waals surface area contributed by atoms with Gasteiger partial charge in [0.2, 0.25) is 0 Å². The predicted octanol–water partition coefficient (Wildman–Crippen LogP) is 2.62. The molecule has 16 heavy (non-hydrogen) atoms. The third-order valence-corrected chi connectivity index (χ3v) is 3.47. The predicted molar refractivity (Wildman–Crippen MR) is 65.7 cm³/mol. The van der Waals surface area contributed by atoms with Crippen molar-refractivity contribution in [3.63, 3.8) is 0 Å². The molecule has 0 spiro atoms. The smallest absolute Gasteiger partial charge is 0.143 e. The molecule has 0 bridgehead atoms. The van der Waals surface area contributed by atoms with E-state index in [0.717, 1.165) is 25.2 Å². The van der Waals surface area contributed by atoms with Crippen molar-refractivity contribution in [1.29, 1.82) is 0 Å². The number of hydrogen-bond donors (Lipinski definition) is 0. The van der Waals surface area contributed by atoms with Gasteiger partial charge in [0.15, 0.2) is 0 Å². The fourth-order valence-electron chi connectivity index (χ4n) is 2.08. The van der Waals surface area contributed by atoms with Crippen LogP contribution in [0.25, 0.3) is 0 Å². The van der Waals surface area contributed by atoms with Gasteiger partial charge in [0.05, 0.1) is 5.02 Å². The molecule has 2 rings (SSSR count). The molecule has 0 aromatic heterocycles. The fourth-order valence-corrected chi connectivity index (χ4v) is 2.20. The Labute approximate surface area is 101 Å². The Hall–Kier alpha value is -0.800. The highest BCUT2D eigenvalue weighted by Crippen LogP contribution is 2.25. The molecule has 0 radical (unpaired) electrons. The van der Waals surface area contributed by atoms with Gasteiger partial charge in [-0.25, -0.2) is 4.39 Å². The van der Waals surface area contributed by atoms with Crippen LogP contribution in [0, 0.1) is 5.82 Å². The lowest BCUT2D eigenvalue weighted by Gasteiger charge is -2.21. The van der Waals surface area contributed by atoms with Crippen LogP contribution < -0.4 is 4.90 Å². The topological polar surface area (TPSA) is 6.48 Å². The molecule has 1 heterocycles. The van der Waals surface area contributed by atoms with Crippen LogP contribution >= 0.6 is 11.6 Å². The van der Waals surface area contributed by atoms with Gasteiger partial charge in [-0.15, -0.1) is 0 Å². The van der Waals surface area contributed by atoms with Gasteiger partial charge in [-0.1, -0.05) is 11.6 Å². The van der Waals surface area contributed by atoms with Crippen molar-refractivity contribution < 1.29 is 4.39 Å². The van der Waals surface area contributed by atoms with E-state index in [0.29, 0.717) is 6.04 Å². The zero-order chi connectivity index (χ0) is 11.7. The molecule has 1 aliphatic heterocycles. The van der Waals surface area contributed by atoms with E-state index in [1.807, 2.05) is 6.07 Å². The highest BCUT2D eigenvalue weighted by molar-refractivity contribution is 6.30. The van der Waals surface area contributed by atoms with E-state index in [1.54, 1.807) is 6.07 Å². The highest BCUT2D eigenvalue weighted by atomic mass is 35.5. The number of benzene rings is 1. The Morgan fingerprint density at radius 1 is 1.44 bits per heavy atom.